The molecule has 1 aromatic carbocycles. The largest absolute Gasteiger partial charge is 0.490 e. The molecule has 0 bridgehead atoms. The predicted octanol–water partition coefficient (Wildman–Crippen LogP) is 2.42. The molecule has 0 fully saturated rings. The minimum atomic E-state index is -2.93. The van der Waals surface area contributed by atoms with Gasteiger partial charge in [-0.15, -0.1) is 10.2 Å². The summed E-state index contributed by atoms with van der Waals surface area (Å²) < 4.78 is 37.5. The maximum absolute atomic E-state index is 12.8. The summed E-state index contributed by atoms with van der Waals surface area (Å²) >= 11 is 0. The molecule has 2 N–H and O–H groups in total. The molecule has 0 aliphatic carbocycles. The van der Waals surface area contributed by atoms with Gasteiger partial charge < -0.3 is 24.7 Å². The summed E-state index contributed by atoms with van der Waals surface area (Å²) in [7, 11) is 1.65. The van der Waals surface area contributed by atoms with Crippen molar-refractivity contribution in [2.75, 3.05) is 20.2 Å². The second kappa shape index (κ2) is 11.7. The first-order valence-corrected chi connectivity index (χ1v) is 9.10. The molecule has 0 radical (unpaired) electrons. The SMILES string of the molecule is CCOc1cccc(CNC(=NC)NCCCCn2cnnc2)c1OC(F)F. The van der Waals surface area contributed by atoms with Crippen LogP contribution in [0.1, 0.15) is 25.3 Å². The van der Waals surface area contributed by atoms with E-state index in [0.29, 0.717) is 23.9 Å². The van der Waals surface area contributed by atoms with E-state index >= 15 is 0 Å². The summed E-state index contributed by atoms with van der Waals surface area (Å²) in [6, 6.07) is 5.05. The number of halogens is 2. The Balaban J connectivity index is 1.84. The van der Waals surface area contributed by atoms with Gasteiger partial charge in [-0.3, -0.25) is 4.99 Å². The van der Waals surface area contributed by atoms with Crippen molar-refractivity contribution in [2.45, 2.75) is 39.5 Å². The van der Waals surface area contributed by atoms with E-state index < -0.39 is 6.61 Å². The monoisotopic (exact) mass is 396 g/mol. The van der Waals surface area contributed by atoms with Crippen molar-refractivity contribution < 1.29 is 18.3 Å². The third kappa shape index (κ3) is 7.01. The Hall–Kier alpha value is -2.91. The Bertz CT molecular complexity index is 725. The van der Waals surface area contributed by atoms with Crippen molar-refractivity contribution in [1.82, 2.24) is 25.4 Å². The first-order valence-electron chi connectivity index (χ1n) is 9.10. The molecule has 154 valence electrons. The van der Waals surface area contributed by atoms with E-state index in [9.17, 15) is 8.78 Å². The van der Waals surface area contributed by atoms with Crippen LogP contribution in [-0.2, 0) is 13.1 Å². The topological polar surface area (TPSA) is 85.6 Å². The molecule has 0 spiro atoms. The molecular formula is C18H26F2N6O2. The number of hydrogen-bond donors (Lipinski definition) is 2. The van der Waals surface area contributed by atoms with Gasteiger partial charge in [-0.1, -0.05) is 12.1 Å². The number of nitrogens with zero attached hydrogens (tertiary/aromatic N) is 4. The van der Waals surface area contributed by atoms with Crippen LogP contribution in [-0.4, -0.2) is 47.5 Å². The smallest absolute Gasteiger partial charge is 0.387 e. The van der Waals surface area contributed by atoms with E-state index in [1.807, 2.05) is 4.57 Å². The fourth-order valence-electron chi connectivity index (χ4n) is 2.56. The molecule has 2 rings (SSSR count). The molecule has 0 amide bonds. The highest BCUT2D eigenvalue weighted by Crippen LogP contribution is 2.32. The highest BCUT2D eigenvalue weighted by Gasteiger charge is 2.15. The van der Waals surface area contributed by atoms with Crippen LogP contribution in [0, 0.1) is 0 Å². The Morgan fingerprint density at radius 2 is 2.00 bits per heavy atom. The lowest BCUT2D eigenvalue weighted by molar-refractivity contribution is -0.0520. The third-order valence-corrected chi connectivity index (χ3v) is 3.84. The van der Waals surface area contributed by atoms with Crippen LogP contribution >= 0.6 is 0 Å². The first-order chi connectivity index (χ1) is 13.6. The second-order valence-electron chi connectivity index (χ2n) is 5.82. The number of guanidine groups is 1. The van der Waals surface area contributed by atoms with E-state index in [1.54, 1.807) is 44.8 Å². The number of unbranched alkanes of at least 4 members (excludes halogenated alkanes) is 1. The van der Waals surface area contributed by atoms with E-state index in [-0.39, 0.29) is 12.3 Å². The first kappa shape index (κ1) is 21.4. The number of ether oxygens (including phenoxy) is 2. The molecule has 8 nitrogen and oxygen atoms in total. The van der Waals surface area contributed by atoms with Crippen LogP contribution in [0.3, 0.4) is 0 Å². The van der Waals surface area contributed by atoms with E-state index in [0.717, 1.165) is 25.9 Å². The second-order valence-corrected chi connectivity index (χ2v) is 5.82. The Morgan fingerprint density at radius 3 is 2.68 bits per heavy atom. The number of aromatic nitrogens is 3. The lowest BCUT2D eigenvalue weighted by Crippen LogP contribution is -2.37. The van der Waals surface area contributed by atoms with Crippen molar-refractivity contribution in [2.24, 2.45) is 4.99 Å². The molecule has 1 heterocycles. The van der Waals surface area contributed by atoms with Crippen LogP contribution in [0.2, 0.25) is 0 Å². The van der Waals surface area contributed by atoms with Crippen molar-refractivity contribution in [3.05, 3.63) is 36.4 Å². The van der Waals surface area contributed by atoms with Crippen molar-refractivity contribution >= 4 is 5.96 Å². The molecule has 0 saturated heterocycles. The number of benzene rings is 1. The normalized spacial score (nSPS) is 11.5. The number of aliphatic imine (C=N–C) groups is 1. The average Bonchev–Trinajstić information content (AvgIpc) is 3.19. The molecule has 0 aliphatic rings. The summed E-state index contributed by atoms with van der Waals surface area (Å²) in [5, 5.41) is 13.8. The third-order valence-electron chi connectivity index (χ3n) is 3.84. The molecule has 0 saturated carbocycles. The predicted molar refractivity (Wildman–Crippen MR) is 102 cm³/mol. The highest BCUT2D eigenvalue weighted by molar-refractivity contribution is 5.79. The van der Waals surface area contributed by atoms with Gasteiger partial charge in [0.15, 0.2) is 17.5 Å². The maximum atomic E-state index is 12.8. The van der Waals surface area contributed by atoms with Crippen molar-refractivity contribution in [3.63, 3.8) is 0 Å². The Morgan fingerprint density at radius 1 is 1.21 bits per heavy atom. The van der Waals surface area contributed by atoms with Gasteiger partial charge in [0.25, 0.3) is 0 Å². The van der Waals surface area contributed by atoms with Crippen molar-refractivity contribution in [1.29, 1.82) is 0 Å². The fourth-order valence-corrected chi connectivity index (χ4v) is 2.56. The highest BCUT2D eigenvalue weighted by atomic mass is 19.3. The molecule has 0 atom stereocenters. The summed E-state index contributed by atoms with van der Waals surface area (Å²) in [4.78, 5) is 4.15. The molecule has 0 aliphatic heterocycles. The van der Waals surface area contributed by atoms with Gasteiger partial charge in [0.05, 0.1) is 6.61 Å². The minimum absolute atomic E-state index is 0.0382. The molecular weight excluding hydrogens is 370 g/mol. The zero-order valence-corrected chi connectivity index (χ0v) is 16.1. The number of nitrogens with one attached hydrogen (secondary N) is 2. The summed E-state index contributed by atoms with van der Waals surface area (Å²) in [6.07, 6.45) is 5.26. The van der Waals surface area contributed by atoms with Crippen LogP contribution in [0.25, 0.3) is 0 Å². The van der Waals surface area contributed by atoms with Crippen LogP contribution in [0.15, 0.2) is 35.8 Å². The van der Waals surface area contributed by atoms with Crippen LogP contribution in [0.5, 0.6) is 11.5 Å². The van der Waals surface area contributed by atoms with Gasteiger partial charge in [0.1, 0.15) is 12.7 Å². The number of para-hydroxylation sites is 1. The summed E-state index contributed by atoms with van der Waals surface area (Å²) in [5.41, 5.74) is 0.557. The fraction of sp³-hybridized carbons (Fsp3) is 0.500. The molecule has 1 aromatic heterocycles. The lowest BCUT2D eigenvalue weighted by atomic mass is 10.2. The Labute approximate surface area is 163 Å². The molecule has 2 aromatic rings. The standard InChI is InChI=1S/C18H26F2N6O2/c1-3-27-15-8-6-7-14(16(15)28-17(19)20)11-23-18(21-2)22-9-4-5-10-26-12-24-25-13-26/h6-8,12-13,17H,3-5,9-11H2,1-2H3,(H2,21,22,23). The molecule has 10 heteroatoms. The van der Waals surface area contributed by atoms with Crippen LogP contribution in [0.4, 0.5) is 8.78 Å². The molecule has 28 heavy (non-hydrogen) atoms. The number of rotatable bonds is 11. The van der Waals surface area contributed by atoms with Crippen molar-refractivity contribution in [3.8, 4) is 11.5 Å². The van der Waals surface area contributed by atoms with Gasteiger partial charge in [0.2, 0.25) is 0 Å². The lowest BCUT2D eigenvalue weighted by Gasteiger charge is -2.17. The average molecular weight is 396 g/mol. The number of hydrogen-bond acceptors (Lipinski definition) is 5. The maximum Gasteiger partial charge on any atom is 0.387 e. The van der Waals surface area contributed by atoms with E-state index in [2.05, 4.69) is 30.6 Å². The van der Waals surface area contributed by atoms with Gasteiger partial charge in [-0.25, -0.2) is 0 Å². The Kier molecular flexibility index (Phi) is 8.96. The van der Waals surface area contributed by atoms with Gasteiger partial charge in [-0.2, -0.15) is 8.78 Å². The van der Waals surface area contributed by atoms with Gasteiger partial charge >= 0.3 is 6.61 Å². The van der Waals surface area contributed by atoms with Crippen LogP contribution < -0.4 is 20.1 Å². The van der Waals surface area contributed by atoms with Gasteiger partial charge in [-0.05, 0) is 25.8 Å². The molecule has 0 unspecified atom stereocenters. The minimum Gasteiger partial charge on any atom is -0.490 e. The summed E-state index contributed by atoms with van der Waals surface area (Å²) in [6.45, 7) is 1.05. The number of aryl methyl sites for hydroxylation is 1. The zero-order valence-electron chi connectivity index (χ0n) is 16.1. The van der Waals surface area contributed by atoms with E-state index in [4.69, 9.17) is 4.74 Å². The number of alkyl halides is 2. The zero-order chi connectivity index (χ0) is 20.2. The van der Waals surface area contributed by atoms with Gasteiger partial charge in [0, 0.05) is 32.2 Å². The van der Waals surface area contributed by atoms with E-state index in [1.165, 1.54) is 0 Å². The summed E-state index contributed by atoms with van der Waals surface area (Å²) in [5.74, 6) is 0.907. The quantitative estimate of drug-likeness (QED) is 0.345.